The van der Waals surface area contributed by atoms with E-state index in [2.05, 4.69) is 17.3 Å². The molecule has 0 bridgehead atoms. The normalized spacial score (nSPS) is 10.8. The van der Waals surface area contributed by atoms with E-state index < -0.39 is 0 Å². The third kappa shape index (κ3) is 6.24. The van der Waals surface area contributed by atoms with Gasteiger partial charge in [-0.05, 0) is 31.7 Å². The van der Waals surface area contributed by atoms with Crippen LogP contribution in [-0.2, 0) is 4.74 Å². The van der Waals surface area contributed by atoms with Gasteiger partial charge in [-0.3, -0.25) is 0 Å². The zero-order valence-corrected chi connectivity index (χ0v) is 10.6. The zero-order valence-electron chi connectivity index (χ0n) is 10.6. The second-order valence-electron chi connectivity index (χ2n) is 4.09. The smallest absolute Gasteiger partial charge is 0.125 e. The molecular formula is C13H21FN2O. The van der Waals surface area contributed by atoms with Crippen molar-refractivity contribution in [1.82, 2.24) is 4.90 Å². The average molecular weight is 240 g/mol. The quantitative estimate of drug-likeness (QED) is 0.705. The highest BCUT2D eigenvalue weighted by Gasteiger charge is 1.98. The molecule has 0 fully saturated rings. The fourth-order valence-electron chi connectivity index (χ4n) is 1.58. The van der Waals surface area contributed by atoms with Gasteiger partial charge in [0.05, 0.1) is 0 Å². The Morgan fingerprint density at radius 2 is 2.18 bits per heavy atom. The molecule has 0 radical (unpaired) electrons. The van der Waals surface area contributed by atoms with E-state index in [0.29, 0.717) is 0 Å². The molecule has 0 saturated carbocycles. The van der Waals surface area contributed by atoms with E-state index in [1.165, 1.54) is 12.1 Å². The maximum Gasteiger partial charge on any atom is 0.125 e. The van der Waals surface area contributed by atoms with Gasteiger partial charge < -0.3 is 15.0 Å². The molecule has 0 amide bonds. The van der Waals surface area contributed by atoms with Crippen LogP contribution in [-0.4, -0.2) is 45.3 Å². The van der Waals surface area contributed by atoms with Crippen molar-refractivity contribution >= 4 is 5.69 Å². The Morgan fingerprint density at radius 3 is 2.88 bits per heavy atom. The van der Waals surface area contributed by atoms with Crippen molar-refractivity contribution in [3.63, 3.8) is 0 Å². The van der Waals surface area contributed by atoms with Gasteiger partial charge in [0.1, 0.15) is 5.82 Å². The Bertz CT molecular complexity index is 320. The van der Waals surface area contributed by atoms with Crippen molar-refractivity contribution < 1.29 is 9.13 Å². The number of nitrogens with one attached hydrogen (secondary N) is 1. The summed E-state index contributed by atoms with van der Waals surface area (Å²) in [5.41, 5.74) is 0.829. The zero-order chi connectivity index (χ0) is 12.5. The third-order valence-electron chi connectivity index (χ3n) is 2.54. The molecular weight excluding hydrogens is 219 g/mol. The van der Waals surface area contributed by atoms with Gasteiger partial charge in [0.25, 0.3) is 0 Å². The van der Waals surface area contributed by atoms with Crippen LogP contribution in [0, 0.1) is 5.82 Å². The Labute approximate surface area is 103 Å². The first-order valence-electron chi connectivity index (χ1n) is 5.89. The molecule has 0 spiro atoms. The molecule has 17 heavy (non-hydrogen) atoms. The molecule has 0 aliphatic heterocycles. The monoisotopic (exact) mass is 240 g/mol. The topological polar surface area (TPSA) is 24.5 Å². The second-order valence-corrected chi connectivity index (χ2v) is 4.09. The average Bonchev–Trinajstić information content (AvgIpc) is 2.29. The molecule has 0 aliphatic rings. The summed E-state index contributed by atoms with van der Waals surface area (Å²) in [4.78, 5) is 2.23. The molecule has 0 aliphatic carbocycles. The summed E-state index contributed by atoms with van der Waals surface area (Å²) < 4.78 is 17.9. The van der Waals surface area contributed by atoms with Crippen LogP contribution < -0.4 is 5.32 Å². The van der Waals surface area contributed by atoms with Crippen molar-refractivity contribution in [2.24, 2.45) is 0 Å². The van der Waals surface area contributed by atoms with Crippen LogP contribution in [0.2, 0.25) is 0 Å². The summed E-state index contributed by atoms with van der Waals surface area (Å²) in [5.74, 6) is -0.205. The minimum Gasteiger partial charge on any atom is -0.385 e. The summed E-state index contributed by atoms with van der Waals surface area (Å²) in [6.45, 7) is 3.55. The van der Waals surface area contributed by atoms with Crippen molar-refractivity contribution in [2.45, 2.75) is 6.42 Å². The van der Waals surface area contributed by atoms with Crippen LogP contribution in [0.3, 0.4) is 0 Å². The van der Waals surface area contributed by atoms with Gasteiger partial charge in [-0.15, -0.1) is 0 Å². The number of likely N-dealkylation sites (N-methyl/N-ethyl adjacent to an activating group) is 1. The number of halogens is 1. The predicted octanol–water partition coefficient (Wildman–Crippen LogP) is 2.21. The maximum absolute atomic E-state index is 12.9. The van der Waals surface area contributed by atoms with Gasteiger partial charge in [0.2, 0.25) is 0 Å². The maximum atomic E-state index is 12.9. The Kier molecular flexibility index (Phi) is 6.58. The Hall–Kier alpha value is -1.13. The van der Waals surface area contributed by atoms with Crippen LogP contribution >= 0.6 is 0 Å². The lowest BCUT2D eigenvalue weighted by Gasteiger charge is -2.17. The van der Waals surface area contributed by atoms with Gasteiger partial charge in [-0.1, -0.05) is 6.07 Å². The van der Waals surface area contributed by atoms with Crippen molar-refractivity contribution in [3.8, 4) is 0 Å². The molecule has 0 saturated heterocycles. The highest BCUT2D eigenvalue weighted by molar-refractivity contribution is 5.42. The fraction of sp³-hybridized carbons (Fsp3) is 0.538. The molecule has 0 heterocycles. The molecule has 1 rings (SSSR count). The number of rotatable bonds is 8. The molecule has 0 atom stereocenters. The summed E-state index contributed by atoms with van der Waals surface area (Å²) in [6.07, 6.45) is 1.03. The predicted molar refractivity (Wildman–Crippen MR) is 68.9 cm³/mol. The van der Waals surface area contributed by atoms with Crippen LogP contribution in [0.25, 0.3) is 0 Å². The van der Waals surface area contributed by atoms with Crippen LogP contribution in [0.4, 0.5) is 10.1 Å². The number of benzene rings is 1. The molecule has 1 N–H and O–H groups in total. The molecule has 96 valence electrons. The fourth-order valence-corrected chi connectivity index (χ4v) is 1.58. The lowest BCUT2D eigenvalue weighted by atomic mass is 10.3. The highest BCUT2D eigenvalue weighted by atomic mass is 19.1. The SMILES string of the molecule is COCCCN(C)CCNc1cccc(F)c1. The van der Waals surface area contributed by atoms with Gasteiger partial charge in [0.15, 0.2) is 0 Å². The van der Waals surface area contributed by atoms with Crippen molar-refractivity contribution in [1.29, 1.82) is 0 Å². The van der Waals surface area contributed by atoms with Gasteiger partial charge in [-0.2, -0.15) is 0 Å². The van der Waals surface area contributed by atoms with Gasteiger partial charge >= 0.3 is 0 Å². The van der Waals surface area contributed by atoms with Gasteiger partial charge in [0, 0.05) is 39.0 Å². The van der Waals surface area contributed by atoms with E-state index in [1.54, 1.807) is 13.2 Å². The number of hydrogen-bond acceptors (Lipinski definition) is 3. The molecule has 3 nitrogen and oxygen atoms in total. The van der Waals surface area contributed by atoms with Crippen LogP contribution in [0.15, 0.2) is 24.3 Å². The summed E-state index contributed by atoms with van der Waals surface area (Å²) >= 11 is 0. The largest absolute Gasteiger partial charge is 0.385 e. The van der Waals surface area contributed by atoms with Crippen LogP contribution in [0.1, 0.15) is 6.42 Å². The van der Waals surface area contributed by atoms with E-state index in [9.17, 15) is 4.39 Å². The van der Waals surface area contributed by atoms with E-state index in [0.717, 1.165) is 38.3 Å². The first-order chi connectivity index (χ1) is 8.22. The van der Waals surface area contributed by atoms with Gasteiger partial charge in [-0.25, -0.2) is 4.39 Å². The highest BCUT2D eigenvalue weighted by Crippen LogP contribution is 2.08. The minimum atomic E-state index is -0.205. The Morgan fingerprint density at radius 1 is 1.35 bits per heavy atom. The van der Waals surface area contributed by atoms with Crippen molar-refractivity contribution in [2.75, 3.05) is 45.7 Å². The third-order valence-corrected chi connectivity index (χ3v) is 2.54. The minimum absolute atomic E-state index is 0.205. The number of ether oxygens (including phenoxy) is 1. The molecule has 0 aromatic heterocycles. The Balaban J connectivity index is 2.14. The molecule has 4 heteroatoms. The summed E-state index contributed by atoms with van der Waals surface area (Å²) in [7, 11) is 3.79. The van der Waals surface area contributed by atoms with E-state index in [-0.39, 0.29) is 5.82 Å². The molecule has 1 aromatic rings. The number of methoxy groups -OCH3 is 1. The second kappa shape index (κ2) is 8.03. The summed E-state index contributed by atoms with van der Waals surface area (Å²) in [5, 5.41) is 3.19. The lowest BCUT2D eigenvalue weighted by molar-refractivity contribution is 0.180. The number of nitrogens with zero attached hydrogens (tertiary/aromatic N) is 1. The standard InChI is InChI=1S/C13H21FN2O/c1-16(8-4-10-17-2)9-7-15-13-6-3-5-12(14)11-13/h3,5-6,11,15H,4,7-10H2,1-2H3. The first-order valence-corrected chi connectivity index (χ1v) is 5.89. The van der Waals surface area contributed by atoms with E-state index >= 15 is 0 Å². The number of anilines is 1. The summed E-state index contributed by atoms with van der Waals surface area (Å²) in [6, 6.07) is 6.53. The van der Waals surface area contributed by atoms with Crippen LogP contribution in [0.5, 0.6) is 0 Å². The molecule has 0 unspecified atom stereocenters. The molecule has 1 aromatic carbocycles. The van der Waals surface area contributed by atoms with E-state index in [1.807, 2.05) is 6.07 Å². The van der Waals surface area contributed by atoms with Crippen molar-refractivity contribution in [3.05, 3.63) is 30.1 Å². The van der Waals surface area contributed by atoms with E-state index in [4.69, 9.17) is 4.74 Å². The first kappa shape index (κ1) is 13.9. The number of hydrogen-bond donors (Lipinski definition) is 1. The lowest BCUT2D eigenvalue weighted by Crippen LogP contribution is -2.26.